The summed E-state index contributed by atoms with van der Waals surface area (Å²) in [6.07, 6.45) is 8.91. The van der Waals surface area contributed by atoms with E-state index in [0.717, 1.165) is 62.5 Å². The summed E-state index contributed by atoms with van der Waals surface area (Å²) in [6, 6.07) is 8.87. The first-order valence-electron chi connectivity index (χ1n) is 12.6. The summed E-state index contributed by atoms with van der Waals surface area (Å²) in [7, 11) is 0. The fourth-order valence-electron chi connectivity index (χ4n) is 5.76. The molecule has 3 aliphatic rings. The molecule has 1 saturated heterocycles. The molecular formula is C29H33F3O2. The Kier molecular flexibility index (Phi) is 7.12. The van der Waals surface area contributed by atoms with Crippen LogP contribution in [0.4, 0.5) is 13.2 Å². The highest BCUT2D eigenvalue weighted by molar-refractivity contribution is 5.31. The van der Waals surface area contributed by atoms with E-state index in [1.165, 1.54) is 0 Å². The molecule has 2 aromatic rings. The molecule has 0 spiro atoms. The van der Waals surface area contributed by atoms with Gasteiger partial charge in [0.1, 0.15) is 11.9 Å². The summed E-state index contributed by atoms with van der Waals surface area (Å²) in [5, 5.41) is 0. The number of epoxide rings is 1. The number of rotatable bonds is 7. The minimum absolute atomic E-state index is 0.0187. The first-order valence-corrected chi connectivity index (χ1v) is 12.6. The van der Waals surface area contributed by atoms with Crippen LogP contribution in [0.15, 0.2) is 43.0 Å². The predicted molar refractivity (Wildman–Crippen MR) is 126 cm³/mol. The molecule has 2 aliphatic carbocycles. The number of hydrogen-bond donors (Lipinski definition) is 0. The van der Waals surface area contributed by atoms with Crippen LogP contribution in [0, 0.1) is 23.4 Å². The summed E-state index contributed by atoms with van der Waals surface area (Å²) in [6.45, 7) is 4.58. The second-order valence-electron chi connectivity index (χ2n) is 10.2. The number of hydrogen-bond acceptors (Lipinski definition) is 2. The molecule has 1 heterocycles. The van der Waals surface area contributed by atoms with Crippen molar-refractivity contribution in [1.29, 1.82) is 0 Å². The maximum absolute atomic E-state index is 14.9. The molecule has 0 amide bonds. The van der Waals surface area contributed by atoms with E-state index in [0.29, 0.717) is 18.1 Å². The largest absolute Gasteiger partial charge is 0.373 e. The Morgan fingerprint density at radius 1 is 0.853 bits per heavy atom. The molecule has 34 heavy (non-hydrogen) atoms. The van der Waals surface area contributed by atoms with Crippen LogP contribution >= 0.6 is 0 Å². The van der Waals surface area contributed by atoms with Gasteiger partial charge in [-0.3, -0.25) is 0 Å². The first kappa shape index (κ1) is 23.6. The molecule has 5 heteroatoms. The number of ether oxygens (including phenoxy) is 2. The van der Waals surface area contributed by atoms with Crippen LogP contribution in [0.5, 0.6) is 0 Å². The molecule has 1 atom stereocenters. The summed E-state index contributed by atoms with van der Waals surface area (Å²) >= 11 is 0. The van der Waals surface area contributed by atoms with Crippen molar-refractivity contribution in [3.05, 3.63) is 82.7 Å². The Hall–Kier alpha value is -2.11. The second kappa shape index (κ2) is 10.2. The Morgan fingerprint density at radius 2 is 1.50 bits per heavy atom. The maximum Gasteiger partial charge on any atom is 0.164 e. The maximum atomic E-state index is 14.9. The normalized spacial score (nSPS) is 29.1. The van der Waals surface area contributed by atoms with Crippen molar-refractivity contribution < 1.29 is 22.6 Å². The smallest absolute Gasteiger partial charge is 0.164 e. The van der Waals surface area contributed by atoms with Gasteiger partial charge in [0.15, 0.2) is 11.6 Å². The van der Waals surface area contributed by atoms with Gasteiger partial charge < -0.3 is 9.47 Å². The highest BCUT2D eigenvalue weighted by Crippen LogP contribution is 2.39. The van der Waals surface area contributed by atoms with Crippen molar-refractivity contribution in [2.24, 2.45) is 5.92 Å². The molecule has 182 valence electrons. The van der Waals surface area contributed by atoms with Crippen LogP contribution in [-0.2, 0) is 16.1 Å². The number of allylic oxidation sites excluding steroid dienone is 1. The van der Waals surface area contributed by atoms with Gasteiger partial charge in [0.2, 0.25) is 0 Å². The van der Waals surface area contributed by atoms with Gasteiger partial charge in [0.05, 0.1) is 19.3 Å². The van der Waals surface area contributed by atoms with Crippen LogP contribution in [0.3, 0.4) is 0 Å². The van der Waals surface area contributed by atoms with Gasteiger partial charge >= 0.3 is 0 Å². The van der Waals surface area contributed by atoms with Crippen LogP contribution in [0.2, 0.25) is 0 Å². The van der Waals surface area contributed by atoms with E-state index in [1.54, 1.807) is 18.2 Å². The molecule has 0 radical (unpaired) electrons. The van der Waals surface area contributed by atoms with Gasteiger partial charge in [0.25, 0.3) is 0 Å². The van der Waals surface area contributed by atoms with Crippen molar-refractivity contribution in [3.8, 4) is 0 Å². The third-order valence-corrected chi connectivity index (χ3v) is 8.06. The Balaban J connectivity index is 1.14. The lowest BCUT2D eigenvalue weighted by Crippen LogP contribution is -2.21. The lowest BCUT2D eigenvalue weighted by molar-refractivity contribution is 0.0116. The zero-order valence-corrected chi connectivity index (χ0v) is 19.6. The minimum Gasteiger partial charge on any atom is -0.373 e. The minimum atomic E-state index is -0.779. The molecule has 5 rings (SSSR count). The number of benzene rings is 2. The van der Waals surface area contributed by atoms with Crippen LogP contribution in [0.25, 0.3) is 0 Å². The quantitative estimate of drug-likeness (QED) is 0.303. The van der Waals surface area contributed by atoms with Gasteiger partial charge in [-0.25, -0.2) is 13.2 Å². The van der Waals surface area contributed by atoms with E-state index in [9.17, 15) is 13.2 Å². The molecule has 0 N–H and O–H groups in total. The van der Waals surface area contributed by atoms with Gasteiger partial charge in [-0.2, -0.15) is 0 Å². The van der Waals surface area contributed by atoms with E-state index >= 15 is 0 Å². The Bertz CT molecular complexity index is 1020. The summed E-state index contributed by atoms with van der Waals surface area (Å²) in [4.78, 5) is 0. The fraction of sp³-hybridized carbons (Fsp3) is 0.517. The van der Waals surface area contributed by atoms with Crippen molar-refractivity contribution in [2.75, 3.05) is 6.61 Å². The second-order valence-corrected chi connectivity index (χ2v) is 10.2. The van der Waals surface area contributed by atoms with Crippen LogP contribution in [0.1, 0.15) is 91.6 Å². The van der Waals surface area contributed by atoms with Gasteiger partial charge in [-0.15, -0.1) is 6.58 Å². The van der Waals surface area contributed by atoms with Crippen molar-refractivity contribution in [1.82, 2.24) is 0 Å². The topological polar surface area (TPSA) is 21.8 Å². The van der Waals surface area contributed by atoms with Gasteiger partial charge in [0, 0.05) is 5.56 Å². The van der Waals surface area contributed by atoms with E-state index in [4.69, 9.17) is 9.47 Å². The lowest BCUT2D eigenvalue weighted by Gasteiger charge is -2.29. The van der Waals surface area contributed by atoms with Gasteiger partial charge in [-0.05, 0) is 91.9 Å². The van der Waals surface area contributed by atoms with Crippen LogP contribution < -0.4 is 0 Å². The molecule has 1 unspecified atom stereocenters. The third-order valence-electron chi connectivity index (χ3n) is 8.06. The summed E-state index contributed by atoms with van der Waals surface area (Å²) < 4.78 is 55.5. The molecule has 1 aliphatic heterocycles. The van der Waals surface area contributed by atoms with E-state index in [2.05, 4.69) is 6.58 Å². The zero-order chi connectivity index (χ0) is 23.7. The molecule has 2 saturated carbocycles. The fourth-order valence-corrected chi connectivity index (χ4v) is 5.76. The SMILES string of the molecule is C=CC1CCC(c2ccc(COC3CCC(c4ccc(C5CO5)cc4F)CC3)c(F)c2F)CC1. The third kappa shape index (κ3) is 5.11. The van der Waals surface area contributed by atoms with Crippen molar-refractivity contribution in [3.63, 3.8) is 0 Å². The highest BCUT2D eigenvalue weighted by Gasteiger charge is 2.29. The molecule has 2 nitrogen and oxygen atoms in total. The Morgan fingerprint density at radius 3 is 2.15 bits per heavy atom. The molecule has 3 fully saturated rings. The van der Waals surface area contributed by atoms with Gasteiger partial charge in [-0.1, -0.05) is 30.3 Å². The lowest BCUT2D eigenvalue weighted by atomic mass is 9.78. The van der Waals surface area contributed by atoms with E-state index in [1.807, 2.05) is 18.2 Å². The monoisotopic (exact) mass is 470 g/mol. The van der Waals surface area contributed by atoms with Crippen LogP contribution in [-0.4, -0.2) is 12.7 Å². The standard InChI is InChI=1S/C29H33F3O2/c1-2-18-3-5-20(6-4-18)25-14-10-22(28(31)29(25)32)16-33-23-11-7-19(8-12-23)24-13-9-21(15-26(24)30)27-17-34-27/h2,9-10,13-15,18-20,23,27H,1,3-8,11-12,16-17H2. The van der Waals surface area contributed by atoms with E-state index < -0.39 is 11.6 Å². The number of halogens is 3. The summed E-state index contributed by atoms with van der Waals surface area (Å²) in [5.74, 6) is -0.935. The molecule has 0 bridgehead atoms. The highest BCUT2D eigenvalue weighted by atomic mass is 19.2. The van der Waals surface area contributed by atoms with Crippen molar-refractivity contribution >= 4 is 0 Å². The van der Waals surface area contributed by atoms with Crippen molar-refractivity contribution in [2.45, 2.75) is 82.0 Å². The Labute approximate surface area is 200 Å². The predicted octanol–water partition coefficient (Wildman–Crippen LogP) is 7.88. The molecule has 2 aromatic carbocycles. The average molecular weight is 471 g/mol. The van der Waals surface area contributed by atoms with E-state index in [-0.39, 0.29) is 42.0 Å². The summed E-state index contributed by atoms with van der Waals surface area (Å²) in [5.41, 5.74) is 2.43. The molecule has 0 aromatic heterocycles. The first-order chi connectivity index (χ1) is 16.5. The zero-order valence-electron chi connectivity index (χ0n) is 19.6. The average Bonchev–Trinajstić information content (AvgIpc) is 3.71. The molecular weight excluding hydrogens is 437 g/mol.